The molecule has 9 heteroatoms. The molecule has 0 unspecified atom stereocenters. The van der Waals surface area contributed by atoms with E-state index in [1.165, 1.54) is 23.0 Å². The maximum absolute atomic E-state index is 12.9. The number of aromatic nitrogens is 4. The van der Waals surface area contributed by atoms with E-state index in [0.29, 0.717) is 29.2 Å². The van der Waals surface area contributed by atoms with E-state index in [9.17, 15) is 8.78 Å². The standard InChI is InChI=1S/C16H16ClF2N5O/c1-9(11-4-6-12(7-5-11)25-16(3,18)19)22-14-13(17)10(2)23-15-20-8-21-24(14)15/h4-9,22H,1-3H3/t9-/m0/s1. The van der Waals surface area contributed by atoms with Crippen molar-refractivity contribution < 1.29 is 13.5 Å². The average Bonchev–Trinajstić information content (AvgIpc) is 2.98. The minimum Gasteiger partial charge on any atom is -0.433 e. The number of aryl methyl sites for hydroxylation is 1. The average molecular weight is 368 g/mol. The zero-order valence-electron chi connectivity index (χ0n) is 13.8. The van der Waals surface area contributed by atoms with Crippen LogP contribution in [-0.2, 0) is 0 Å². The lowest BCUT2D eigenvalue weighted by molar-refractivity contribution is -0.158. The van der Waals surface area contributed by atoms with Crippen LogP contribution in [0.25, 0.3) is 5.78 Å². The molecule has 0 amide bonds. The number of benzene rings is 1. The van der Waals surface area contributed by atoms with E-state index in [4.69, 9.17) is 11.6 Å². The van der Waals surface area contributed by atoms with Gasteiger partial charge in [0.25, 0.3) is 5.78 Å². The summed E-state index contributed by atoms with van der Waals surface area (Å²) in [5, 5.41) is 7.82. The molecule has 2 aromatic heterocycles. The summed E-state index contributed by atoms with van der Waals surface area (Å²) >= 11 is 6.34. The molecule has 3 rings (SSSR count). The Hall–Kier alpha value is -2.48. The highest BCUT2D eigenvalue weighted by Gasteiger charge is 2.23. The third kappa shape index (κ3) is 3.79. The quantitative estimate of drug-likeness (QED) is 0.730. The van der Waals surface area contributed by atoms with Crippen LogP contribution in [0.4, 0.5) is 14.6 Å². The van der Waals surface area contributed by atoms with Gasteiger partial charge in [-0.15, -0.1) is 0 Å². The molecule has 1 atom stereocenters. The molecule has 0 aliphatic carbocycles. The van der Waals surface area contributed by atoms with Crippen molar-refractivity contribution in [3.8, 4) is 5.75 Å². The van der Waals surface area contributed by atoms with Gasteiger partial charge in [0.15, 0.2) is 5.82 Å². The zero-order chi connectivity index (χ0) is 18.2. The molecule has 0 bridgehead atoms. The van der Waals surface area contributed by atoms with Crippen LogP contribution in [-0.4, -0.2) is 25.7 Å². The van der Waals surface area contributed by atoms with Crippen molar-refractivity contribution in [1.29, 1.82) is 0 Å². The number of alkyl halides is 2. The fourth-order valence-corrected chi connectivity index (χ4v) is 2.55. The van der Waals surface area contributed by atoms with Gasteiger partial charge in [0.05, 0.1) is 5.69 Å². The number of nitrogens with zero attached hydrogens (tertiary/aromatic N) is 4. The van der Waals surface area contributed by atoms with E-state index in [2.05, 4.69) is 25.1 Å². The van der Waals surface area contributed by atoms with Crippen molar-refractivity contribution in [2.24, 2.45) is 0 Å². The minimum atomic E-state index is -3.22. The van der Waals surface area contributed by atoms with Gasteiger partial charge in [-0.2, -0.15) is 23.4 Å². The molecular weight excluding hydrogens is 352 g/mol. The molecule has 1 N–H and O–H groups in total. The Bertz CT molecular complexity index is 892. The van der Waals surface area contributed by atoms with E-state index in [1.807, 2.05) is 6.92 Å². The SMILES string of the molecule is Cc1nc2ncnn2c(N[C@@H](C)c2ccc(OC(C)(F)F)cc2)c1Cl. The van der Waals surface area contributed by atoms with Gasteiger partial charge < -0.3 is 10.1 Å². The highest BCUT2D eigenvalue weighted by Crippen LogP contribution is 2.29. The van der Waals surface area contributed by atoms with Gasteiger partial charge in [-0.25, -0.2) is 4.98 Å². The van der Waals surface area contributed by atoms with Crippen molar-refractivity contribution in [2.45, 2.75) is 32.9 Å². The maximum Gasteiger partial charge on any atom is 0.394 e. The first-order valence-corrected chi connectivity index (χ1v) is 7.91. The largest absolute Gasteiger partial charge is 0.433 e. The number of fused-ring (bicyclic) bond motifs is 1. The second kappa shape index (κ2) is 6.44. The second-order valence-corrected chi connectivity index (χ2v) is 6.05. The lowest BCUT2D eigenvalue weighted by atomic mass is 10.1. The van der Waals surface area contributed by atoms with Crippen LogP contribution in [0, 0.1) is 6.92 Å². The predicted molar refractivity (Wildman–Crippen MR) is 90.3 cm³/mol. The van der Waals surface area contributed by atoms with E-state index < -0.39 is 6.11 Å². The third-order valence-corrected chi connectivity index (χ3v) is 4.02. The monoisotopic (exact) mass is 367 g/mol. The molecule has 2 heterocycles. The Kier molecular flexibility index (Phi) is 4.47. The molecule has 0 fully saturated rings. The molecule has 0 aliphatic rings. The lowest BCUT2D eigenvalue weighted by Gasteiger charge is -2.19. The van der Waals surface area contributed by atoms with Gasteiger partial charge in [-0.3, -0.25) is 0 Å². The zero-order valence-corrected chi connectivity index (χ0v) is 14.6. The topological polar surface area (TPSA) is 64.3 Å². The third-order valence-electron chi connectivity index (χ3n) is 3.57. The molecular formula is C16H16ClF2N5O. The van der Waals surface area contributed by atoms with Crippen LogP contribution >= 0.6 is 11.6 Å². The summed E-state index contributed by atoms with van der Waals surface area (Å²) in [6.45, 7) is 4.39. The van der Waals surface area contributed by atoms with Crippen LogP contribution in [0.3, 0.4) is 0 Å². The van der Waals surface area contributed by atoms with Crippen LogP contribution in [0.1, 0.15) is 31.1 Å². The van der Waals surface area contributed by atoms with E-state index in [-0.39, 0.29) is 11.8 Å². The first-order chi connectivity index (χ1) is 11.7. The summed E-state index contributed by atoms with van der Waals surface area (Å²) in [6.07, 6.45) is -1.82. The number of halogens is 3. The summed E-state index contributed by atoms with van der Waals surface area (Å²) in [5.74, 6) is 1.10. The number of hydrogen-bond donors (Lipinski definition) is 1. The maximum atomic E-state index is 12.9. The van der Waals surface area contributed by atoms with E-state index in [0.717, 1.165) is 5.56 Å². The highest BCUT2D eigenvalue weighted by molar-refractivity contribution is 6.33. The normalized spacial score (nSPS) is 13.0. The number of ether oxygens (including phenoxy) is 1. The van der Waals surface area contributed by atoms with Crippen molar-refractivity contribution in [3.05, 3.63) is 46.9 Å². The summed E-state index contributed by atoms with van der Waals surface area (Å²) in [5.41, 5.74) is 1.50. The number of anilines is 1. The molecule has 3 aromatic rings. The molecule has 1 aromatic carbocycles. The summed E-state index contributed by atoms with van der Waals surface area (Å²) < 4.78 is 31.8. The molecule has 0 saturated carbocycles. The van der Waals surface area contributed by atoms with Crippen molar-refractivity contribution in [2.75, 3.05) is 5.32 Å². The lowest BCUT2D eigenvalue weighted by Crippen LogP contribution is -2.19. The smallest absolute Gasteiger partial charge is 0.394 e. The summed E-state index contributed by atoms with van der Waals surface area (Å²) in [4.78, 5) is 8.31. The van der Waals surface area contributed by atoms with Crippen molar-refractivity contribution >= 4 is 23.2 Å². The van der Waals surface area contributed by atoms with Crippen LogP contribution in [0.5, 0.6) is 5.75 Å². The molecule has 0 spiro atoms. The minimum absolute atomic E-state index is 0.0971. The Morgan fingerprint density at radius 1 is 1.28 bits per heavy atom. The Morgan fingerprint density at radius 2 is 1.96 bits per heavy atom. The van der Waals surface area contributed by atoms with Crippen LogP contribution < -0.4 is 10.1 Å². The highest BCUT2D eigenvalue weighted by atomic mass is 35.5. The van der Waals surface area contributed by atoms with Crippen LogP contribution in [0.15, 0.2) is 30.6 Å². The van der Waals surface area contributed by atoms with E-state index in [1.54, 1.807) is 19.1 Å². The Balaban J connectivity index is 1.84. The fourth-order valence-electron chi connectivity index (χ4n) is 2.38. The molecule has 132 valence electrons. The fraction of sp³-hybridized carbons (Fsp3) is 0.312. The molecule has 0 aliphatic heterocycles. The van der Waals surface area contributed by atoms with Gasteiger partial charge in [0, 0.05) is 13.0 Å². The summed E-state index contributed by atoms with van der Waals surface area (Å²) in [7, 11) is 0. The van der Waals surface area contributed by atoms with Gasteiger partial charge in [-0.1, -0.05) is 23.7 Å². The Morgan fingerprint density at radius 3 is 2.60 bits per heavy atom. The van der Waals surface area contributed by atoms with Gasteiger partial charge in [0.1, 0.15) is 17.1 Å². The molecule has 25 heavy (non-hydrogen) atoms. The van der Waals surface area contributed by atoms with Gasteiger partial charge >= 0.3 is 6.11 Å². The molecule has 0 radical (unpaired) electrons. The first-order valence-electron chi connectivity index (χ1n) is 7.54. The van der Waals surface area contributed by atoms with E-state index >= 15 is 0 Å². The summed E-state index contributed by atoms with van der Waals surface area (Å²) in [6, 6.07) is 6.24. The first kappa shape index (κ1) is 17.3. The second-order valence-electron chi connectivity index (χ2n) is 5.68. The number of nitrogens with one attached hydrogen (secondary N) is 1. The Labute approximate surface area is 147 Å². The van der Waals surface area contributed by atoms with Gasteiger partial charge in [-0.05, 0) is 31.5 Å². The molecule has 6 nitrogen and oxygen atoms in total. The van der Waals surface area contributed by atoms with Crippen molar-refractivity contribution in [1.82, 2.24) is 19.6 Å². The number of rotatable bonds is 5. The predicted octanol–water partition coefficient (Wildman–Crippen LogP) is 4.25. The molecule has 0 saturated heterocycles. The number of hydrogen-bond acceptors (Lipinski definition) is 5. The van der Waals surface area contributed by atoms with Crippen LogP contribution in [0.2, 0.25) is 5.02 Å². The van der Waals surface area contributed by atoms with Crippen molar-refractivity contribution in [3.63, 3.8) is 0 Å². The van der Waals surface area contributed by atoms with Gasteiger partial charge in [0.2, 0.25) is 0 Å².